The number of hydrogen-bond acceptors (Lipinski definition) is 2. The van der Waals surface area contributed by atoms with E-state index in [-0.39, 0.29) is 0 Å². The normalized spacial score (nSPS) is 10.3. The van der Waals surface area contributed by atoms with Crippen LogP contribution in [0.5, 0.6) is 0 Å². The first-order chi connectivity index (χ1) is 5.43. The van der Waals surface area contributed by atoms with Crippen molar-refractivity contribution in [1.82, 2.24) is 5.43 Å². The van der Waals surface area contributed by atoms with Crippen LogP contribution in [0.1, 0.15) is 12.5 Å². The Labute approximate surface area is 66.9 Å². The van der Waals surface area contributed by atoms with Gasteiger partial charge in [0.05, 0.1) is 6.21 Å². The highest BCUT2D eigenvalue weighted by molar-refractivity contribution is 5.79. The third-order valence-corrected chi connectivity index (χ3v) is 1.26. The molecule has 0 bridgehead atoms. The molecule has 11 heavy (non-hydrogen) atoms. The molecule has 0 heterocycles. The maximum Gasteiger partial charge on any atom is 0.0540 e. The lowest BCUT2D eigenvalue weighted by Gasteiger charge is -1.92. The predicted molar refractivity (Wildman–Crippen MR) is 47.7 cm³/mol. The molecule has 0 saturated carbocycles. The molecule has 0 saturated heterocycles. The molecule has 0 aliphatic rings. The number of nitrogens with one attached hydrogen (secondary N) is 1. The van der Waals surface area contributed by atoms with Crippen molar-refractivity contribution in [2.75, 3.05) is 6.54 Å². The molecule has 0 amide bonds. The fourth-order valence-electron chi connectivity index (χ4n) is 0.751. The summed E-state index contributed by atoms with van der Waals surface area (Å²) in [5.74, 6) is 0. The Balaban J connectivity index is 2.50. The summed E-state index contributed by atoms with van der Waals surface area (Å²) in [4.78, 5) is 0. The van der Waals surface area contributed by atoms with Crippen LogP contribution < -0.4 is 5.43 Å². The third kappa shape index (κ3) is 2.85. The highest BCUT2D eigenvalue weighted by Crippen LogP contribution is 1.92. The summed E-state index contributed by atoms with van der Waals surface area (Å²) in [5, 5.41) is 3.99. The van der Waals surface area contributed by atoms with Gasteiger partial charge >= 0.3 is 0 Å². The summed E-state index contributed by atoms with van der Waals surface area (Å²) in [6.45, 7) is 2.88. The van der Waals surface area contributed by atoms with Gasteiger partial charge in [-0.25, -0.2) is 0 Å². The van der Waals surface area contributed by atoms with Gasteiger partial charge in [-0.3, -0.25) is 0 Å². The molecule has 0 aliphatic heterocycles. The standard InChI is InChI=1S/C9H12N2/c1-2-10-11-8-9-6-4-3-5-7-9/h3-8,10H,2H2,1H3/b11-8+. The molecular weight excluding hydrogens is 136 g/mol. The second-order valence-corrected chi connectivity index (χ2v) is 2.18. The van der Waals surface area contributed by atoms with Crippen LogP contribution in [0.2, 0.25) is 0 Å². The number of hydrogen-bond donors (Lipinski definition) is 1. The van der Waals surface area contributed by atoms with Crippen molar-refractivity contribution in [3.8, 4) is 0 Å². The van der Waals surface area contributed by atoms with Crippen LogP contribution in [0.4, 0.5) is 0 Å². The number of benzene rings is 1. The van der Waals surface area contributed by atoms with E-state index in [0.717, 1.165) is 12.1 Å². The first-order valence-corrected chi connectivity index (χ1v) is 3.74. The molecule has 0 aliphatic carbocycles. The smallest absolute Gasteiger partial charge is 0.0540 e. The average Bonchev–Trinajstić information content (AvgIpc) is 2.07. The van der Waals surface area contributed by atoms with Crippen molar-refractivity contribution >= 4 is 6.21 Å². The molecule has 1 aromatic carbocycles. The Hall–Kier alpha value is -1.31. The van der Waals surface area contributed by atoms with Crippen molar-refractivity contribution < 1.29 is 0 Å². The van der Waals surface area contributed by atoms with Crippen molar-refractivity contribution in [2.24, 2.45) is 5.10 Å². The summed E-state index contributed by atoms with van der Waals surface area (Å²) in [6.07, 6.45) is 1.81. The van der Waals surface area contributed by atoms with Crippen LogP contribution in [0.25, 0.3) is 0 Å². The first kappa shape index (κ1) is 7.79. The van der Waals surface area contributed by atoms with Gasteiger partial charge in [0.15, 0.2) is 0 Å². The van der Waals surface area contributed by atoms with E-state index in [1.54, 1.807) is 0 Å². The molecule has 2 nitrogen and oxygen atoms in total. The highest BCUT2D eigenvalue weighted by atomic mass is 15.3. The van der Waals surface area contributed by atoms with Crippen molar-refractivity contribution in [2.45, 2.75) is 6.92 Å². The Morgan fingerprint density at radius 3 is 2.73 bits per heavy atom. The molecule has 1 N–H and O–H groups in total. The van der Waals surface area contributed by atoms with E-state index in [2.05, 4.69) is 10.5 Å². The van der Waals surface area contributed by atoms with E-state index in [1.165, 1.54) is 0 Å². The molecule has 0 atom stereocenters. The lowest BCUT2D eigenvalue weighted by molar-refractivity contribution is 0.788. The van der Waals surface area contributed by atoms with Crippen LogP contribution in [0.3, 0.4) is 0 Å². The molecule has 2 heteroatoms. The first-order valence-electron chi connectivity index (χ1n) is 3.74. The molecule has 0 unspecified atom stereocenters. The lowest BCUT2D eigenvalue weighted by atomic mass is 10.2. The topological polar surface area (TPSA) is 24.4 Å². The maximum atomic E-state index is 3.99. The summed E-state index contributed by atoms with van der Waals surface area (Å²) in [6, 6.07) is 10.0. The summed E-state index contributed by atoms with van der Waals surface area (Å²) < 4.78 is 0. The second kappa shape index (κ2) is 4.50. The van der Waals surface area contributed by atoms with Gasteiger partial charge in [0, 0.05) is 6.54 Å². The predicted octanol–water partition coefficient (Wildman–Crippen LogP) is 1.63. The van der Waals surface area contributed by atoms with Gasteiger partial charge < -0.3 is 5.43 Å². The zero-order chi connectivity index (χ0) is 7.94. The summed E-state index contributed by atoms with van der Waals surface area (Å²) in [5.41, 5.74) is 3.99. The van der Waals surface area contributed by atoms with Gasteiger partial charge in [0.25, 0.3) is 0 Å². The molecule has 0 fully saturated rings. The SMILES string of the molecule is CCN/N=C/c1ccccc1. The highest BCUT2D eigenvalue weighted by Gasteiger charge is 1.80. The molecule has 0 radical (unpaired) electrons. The number of hydrazone groups is 1. The van der Waals surface area contributed by atoms with Crippen LogP contribution in [0.15, 0.2) is 35.4 Å². The van der Waals surface area contributed by atoms with Gasteiger partial charge in [-0.15, -0.1) is 0 Å². The Morgan fingerprint density at radius 1 is 1.36 bits per heavy atom. The fraction of sp³-hybridized carbons (Fsp3) is 0.222. The zero-order valence-electron chi connectivity index (χ0n) is 6.62. The van der Waals surface area contributed by atoms with Gasteiger partial charge in [-0.1, -0.05) is 30.3 Å². The lowest BCUT2D eigenvalue weighted by Crippen LogP contribution is -2.02. The van der Waals surface area contributed by atoms with E-state index >= 15 is 0 Å². The van der Waals surface area contributed by atoms with E-state index in [4.69, 9.17) is 0 Å². The van der Waals surface area contributed by atoms with Gasteiger partial charge in [-0.05, 0) is 12.5 Å². The van der Waals surface area contributed by atoms with E-state index in [1.807, 2.05) is 43.5 Å². The quantitative estimate of drug-likeness (QED) is 0.511. The molecule has 0 aromatic heterocycles. The largest absolute Gasteiger partial charge is 0.310 e. The minimum Gasteiger partial charge on any atom is -0.310 e. The van der Waals surface area contributed by atoms with Crippen LogP contribution in [0, 0.1) is 0 Å². The average molecular weight is 148 g/mol. The Morgan fingerprint density at radius 2 is 2.09 bits per heavy atom. The molecular formula is C9H12N2. The van der Waals surface area contributed by atoms with Crippen LogP contribution in [-0.4, -0.2) is 12.8 Å². The summed E-state index contributed by atoms with van der Waals surface area (Å²) >= 11 is 0. The van der Waals surface area contributed by atoms with Crippen molar-refractivity contribution in [3.63, 3.8) is 0 Å². The monoisotopic (exact) mass is 148 g/mol. The fourth-order valence-corrected chi connectivity index (χ4v) is 0.751. The van der Waals surface area contributed by atoms with Gasteiger partial charge in [-0.2, -0.15) is 5.10 Å². The molecule has 1 rings (SSSR count). The van der Waals surface area contributed by atoms with Crippen molar-refractivity contribution in [1.29, 1.82) is 0 Å². The van der Waals surface area contributed by atoms with Crippen LogP contribution >= 0.6 is 0 Å². The van der Waals surface area contributed by atoms with E-state index in [0.29, 0.717) is 0 Å². The minimum absolute atomic E-state index is 0.864. The third-order valence-electron chi connectivity index (χ3n) is 1.26. The summed E-state index contributed by atoms with van der Waals surface area (Å²) in [7, 11) is 0. The number of rotatable bonds is 3. The maximum absolute atomic E-state index is 3.99. The molecule has 0 spiro atoms. The minimum atomic E-state index is 0.864. The second-order valence-electron chi connectivity index (χ2n) is 2.18. The van der Waals surface area contributed by atoms with Gasteiger partial charge in [0.2, 0.25) is 0 Å². The van der Waals surface area contributed by atoms with Crippen LogP contribution in [-0.2, 0) is 0 Å². The van der Waals surface area contributed by atoms with E-state index in [9.17, 15) is 0 Å². The van der Waals surface area contributed by atoms with E-state index < -0.39 is 0 Å². The van der Waals surface area contributed by atoms with Crippen molar-refractivity contribution in [3.05, 3.63) is 35.9 Å². The Kier molecular flexibility index (Phi) is 3.19. The zero-order valence-corrected chi connectivity index (χ0v) is 6.62. The molecule has 1 aromatic rings. The van der Waals surface area contributed by atoms with Gasteiger partial charge in [0.1, 0.15) is 0 Å². The Bertz CT molecular complexity index is 216. The molecule has 58 valence electrons. The number of nitrogens with zero attached hydrogens (tertiary/aromatic N) is 1.